The van der Waals surface area contributed by atoms with Gasteiger partial charge in [0, 0.05) is 19.1 Å². The molecule has 1 heterocycles. The Hall–Kier alpha value is -0.140. The van der Waals surface area contributed by atoms with E-state index in [-0.39, 0.29) is 10.9 Å². The van der Waals surface area contributed by atoms with Gasteiger partial charge in [-0.25, -0.2) is 8.42 Å². The fourth-order valence-electron chi connectivity index (χ4n) is 2.46. The third-order valence-electron chi connectivity index (χ3n) is 3.78. The number of rotatable bonds is 3. The predicted molar refractivity (Wildman–Crippen MR) is 84.3 cm³/mol. The van der Waals surface area contributed by atoms with Crippen LogP contribution in [-0.4, -0.2) is 31.9 Å². The summed E-state index contributed by atoms with van der Waals surface area (Å²) in [5, 5.41) is 0.400. The molecule has 1 aliphatic rings. The van der Waals surface area contributed by atoms with E-state index >= 15 is 0 Å². The molecule has 0 saturated carbocycles. The van der Waals surface area contributed by atoms with E-state index in [9.17, 15) is 8.42 Å². The number of nitrogens with zero attached hydrogens (tertiary/aromatic N) is 1. The summed E-state index contributed by atoms with van der Waals surface area (Å²) in [7, 11) is -3.50. The average molecular weight is 382 g/mol. The molecule has 2 N–H and O–H groups in total. The number of benzene rings is 1. The zero-order valence-corrected chi connectivity index (χ0v) is 14.4. The first-order chi connectivity index (χ1) is 9.34. The van der Waals surface area contributed by atoms with E-state index in [4.69, 9.17) is 17.3 Å². The van der Waals surface area contributed by atoms with Gasteiger partial charge in [0.2, 0.25) is 10.0 Å². The molecule has 0 spiro atoms. The molecule has 1 unspecified atom stereocenters. The van der Waals surface area contributed by atoms with Gasteiger partial charge in [-0.15, -0.1) is 0 Å². The Balaban J connectivity index is 2.22. The molecule has 0 amide bonds. The van der Waals surface area contributed by atoms with Crippen LogP contribution in [0.15, 0.2) is 27.6 Å². The number of hydrogen-bond acceptors (Lipinski definition) is 3. The largest absolute Gasteiger partial charge is 0.328 e. The van der Waals surface area contributed by atoms with E-state index in [1.165, 1.54) is 4.31 Å². The first-order valence-corrected chi connectivity index (χ1v) is 9.15. The molecule has 0 bridgehead atoms. The monoisotopic (exact) mass is 380 g/mol. The topological polar surface area (TPSA) is 63.4 Å². The van der Waals surface area contributed by atoms with Gasteiger partial charge in [0.15, 0.2) is 0 Å². The summed E-state index contributed by atoms with van der Waals surface area (Å²) in [4.78, 5) is 0.226. The highest BCUT2D eigenvalue weighted by Gasteiger charge is 2.31. The molecule has 0 aromatic heterocycles. The lowest BCUT2D eigenvalue weighted by Gasteiger charge is -2.33. The van der Waals surface area contributed by atoms with Crippen molar-refractivity contribution in [2.24, 2.45) is 11.7 Å². The van der Waals surface area contributed by atoms with Crippen molar-refractivity contribution >= 4 is 37.6 Å². The Labute approximate surface area is 133 Å². The van der Waals surface area contributed by atoms with E-state index < -0.39 is 10.0 Å². The predicted octanol–water partition coefficient (Wildman–Crippen LogP) is 2.85. The van der Waals surface area contributed by atoms with Crippen LogP contribution in [0.2, 0.25) is 5.02 Å². The lowest BCUT2D eigenvalue weighted by atomic mass is 9.92. The van der Waals surface area contributed by atoms with Crippen LogP contribution in [0.3, 0.4) is 0 Å². The molecule has 7 heteroatoms. The van der Waals surface area contributed by atoms with Gasteiger partial charge in [-0.2, -0.15) is 4.31 Å². The van der Waals surface area contributed by atoms with Crippen molar-refractivity contribution in [3.8, 4) is 0 Å². The maximum absolute atomic E-state index is 12.6. The average Bonchev–Trinajstić information content (AvgIpc) is 2.41. The summed E-state index contributed by atoms with van der Waals surface area (Å²) >= 11 is 9.24. The van der Waals surface area contributed by atoms with Crippen LogP contribution in [0.4, 0.5) is 0 Å². The van der Waals surface area contributed by atoms with Crippen molar-refractivity contribution in [1.82, 2.24) is 4.31 Å². The molecule has 1 atom stereocenters. The maximum Gasteiger partial charge on any atom is 0.244 e. The Kier molecular flexibility index (Phi) is 5.13. The molecule has 1 aliphatic heterocycles. The van der Waals surface area contributed by atoms with Crippen molar-refractivity contribution < 1.29 is 8.42 Å². The number of halogens is 2. The van der Waals surface area contributed by atoms with E-state index in [1.807, 2.05) is 6.92 Å². The van der Waals surface area contributed by atoms with Crippen molar-refractivity contribution in [3.05, 3.63) is 27.7 Å². The standard InChI is InChI=1S/C13H18BrClN2O2S/c1-9(16)10-5-7-17(8-6-10)20(18,19)12-4-2-3-11(15)13(12)14/h2-4,9-10H,5-8,16H2,1H3. The van der Waals surface area contributed by atoms with Gasteiger partial charge < -0.3 is 5.73 Å². The minimum Gasteiger partial charge on any atom is -0.328 e. The maximum atomic E-state index is 12.6. The fraction of sp³-hybridized carbons (Fsp3) is 0.538. The van der Waals surface area contributed by atoms with Crippen LogP contribution < -0.4 is 5.73 Å². The summed E-state index contributed by atoms with van der Waals surface area (Å²) in [5.74, 6) is 0.393. The van der Waals surface area contributed by atoms with Gasteiger partial charge in [-0.3, -0.25) is 0 Å². The molecule has 112 valence electrons. The van der Waals surface area contributed by atoms with Crippen LogP contribution in [0.25, 0.3) is 0 Å². The van der Waals surface area contributed by atoms with Gasteiger partial charge in [-0.05, 0) is 53.7 Å². The molecule has 1 saturated heterocycles. The van der Waals surface area contributed by atoms with Crippen LogP contribution in [0, 0.1) is 5.92 Å². The van der Waals surface area contributed by atoms with E-state index in [2.05, 4.69) is 15.9 Å². The number of hydrogen-bond donors (Lipinski definition) is 1. The molecule has 2 rings (SSSR count). The number of nitrogens with two attached hydrogens (primary N) is 1. The lowest BCUT2D eigenvalue weighted by molar-refractivity contribution is 0.250. The van der Waals surface area contributed by atoms with E-state index in [0.717, 1.165) is 12.8 Å². The van der Waals surface area contributed by atoms with E-state index in [1.54, 1.807) is 18.2 Å². The SMILES string of the molecule is CC(N)C1CCN(S(=O)(=O)c2cccc(Cl)c2Br)CC1. The molecular weight excluding hydrogens is 364 g/mol. The number of sulfonamides is 1. The first kappa shape index (κ1) is 16.2. The zero-order valence-electron chi connectivity index (χ0n) is 11.2. The fourth-order valence-corrected chi connectivity index (χ4v) is 5.13. The molecule has 20 heavy (non-hydrogen) atoms. The third-order valence-corrected chi connectivity index (χ3v) is 7.38. The molecule has 0 radical (unpaired) electrons. The second-order valence-corrected chi connectivity index (χ2v) is 8.26. The van der Waals surface area contributed by atoms with Crippen molar-refractivity contribution in [2.75, 3.05) is 13.1 Å². The van der Waals surface area contributed by atoms with Gasteiger partial charge in [-0.1, -0.05) is 17.7 Å². The molecular formula is C13H18BrClN2O2S. The normalized spacial score (nSPS) is 20.0. The molecule has 4 nitrogen and oxygen atoms in total. The van der Waals surface area contributed by atoms with Crippen LogP contribution in [0.1, 0.15) is 19.8 Å². The second kappa shape index (κ2) is 6.32. The van der Waals surface area contributed by atoms with Crippen LogP contribution in [-0.2, 0) is 10.0 Å². The van der Waals surface area contributed by atoms with Gasteiger partial charge in [0.25, 0.3) is 0 Å². The molecule has 1 aromatic carbocycles. The molecule has 0 aliphatic carbocycles. The summed E-state index contributed by atoms with van der Waals surface area (Å²) in [5.41, 5.74) is 5.88. The summed E-state index contributed by atoms with van der Waals surface area (Å²) < 4.78 is 27.2. The summed E-state index contributed by atoms with van der Waals surface area (Å²) in [6.45, 7) is 2.99. The van der Waals surface area contributed by atoms with Crippen LogP contribution in [0.5, 0.6) is 0 Å². The Bertz CT molecular complexity index is 584. The minimum absolute atomic E-state index is 0.109. The zero-order chi connectivity index (χ0) is 14.9. The lowest BCUT2D eigenvalue weighted by Crippen LogP contribution is -2.42. The first-order valence-electron chi connectivity index (χ1n) is 6.53. The Morgan fingerprint density at radius 1 is 1.40 bits per heavy atom. The minimum atomic E-state index is -3.50. The third kappa shape index (κ3) is 3.20. The van der Waals surface area contributed by atoms with Gasteiger partial charge >= 0.3 is 0 Å². The van der Waals surface area contributed by atoms with Crippen LogP contribution >= 0.6 is 27.5 Å². The quantitative estimate of drug-likeness (QED) is 0.875. The van der Waals surface area contributed by atoms with Crippen molar-refractivity contribution in [2.45, 2.75) is 30.7 Å². The van der Waals surface area contributed by atoms with Crippen molar-refractivity contribution in [3.63, 3.8) is 0 Å². The summed E-state index contributed by atoms with van der Waals surface area (Å²) in [6, 6.07) is 4.99. The Morgan fingerprint density at radius 3 is 2.55 bits per heavy atom. The number of piperidine rings is 1. The van der Waals surface area contributed by atoms with Gasteiger partial charge in [0.1, 0.15) is 0 Å². The highest BCUT2D eigenvalue weighted by molar-refractivity contribution is 9.10. The molecule has 1 fully saturated rings. The van der Waals surface area contributed by atoms with E-state index in [0.29, 0.717) is 28.5 Å². The summed E-state index contributed by atoms with van der Waals surface area (Å²) in [6.07, 6.45) is 1.60. The smallest absolute Gasteiger partial charge is 0.244 e. The van der Waals surface area contributed by atoms with Crippen molar-refractivity contribution in [1.29, 1.82) is 0 Å². The highest BCUT2D eigenvalue weighted by Crippen LogP contribution is 2.33. The highest BCUT2D eigenvalue weighted by atomic mass is 79.9. The second-order valence-electron chi connectivity index (χ2n) is 5.15. The van der Waals surface area contributed by atoms with Gasteiger partial charge in [0.05, 0.1) is 14.4 Å². The molecule has 1 aromatic rings. The Morgan fingerprint density at radius 2 is 2.00 bits per heavy atom.